The molecule has 142 valence electrons. The van der Waals surface area contributed by atoms with E-state index >= 15 is 0 Å². The van der Waals surface area contributed by atoms with Gasteiger partial charge in [-0.1, -0.05) is 36.4 Å². The van der Waals surface area contributed by atoms with Crippen molar-refractivity contribution in [1.82, 2.24) is 4.90 Å². The van der Waals surface area contributed by atoms with E-state index in [1.54, 1.807) is 0 Å². The van der Waals surface area contributed by atoms with Crippen LogP contribution < -0.4 is 9.47 Å². The lowest BCUT2D eigenvalue weighted by Gasteiger charge is -2.31. The molecule has 0 aromatic heterocycles. The van der Waals surface area contributed by atoms with Gasteiger partial charge >= 0.3 is 6.16 Å². The Morgan fingerprint density at radius 1 is 1.07 bits per heavy atom. The summed E-state index contributed by atoms with van der Waals surface area (Å²) in [5, 5.41) is 8.70. The molecule has 0 amide bonds. The lowest BCUT2D eigenvalue weighted by atomic mass is 10.0. The van der Waals surface area contributed by atoms with Crippen LogP contribution in [0.5, 0.6) is 11.5 Å². The average Bonchev–Trinajstić information content (AvgIpc) is 2.69. The van der Waals surface area contributed by atoms with E-state index in [2.05, 4.69) is 29.2 Å². The molecule has 0 saturated carbocycles. The molecule has 4 rings (SSSR count). The van der Waals surface area contributed by atoms with Gasteiger partial charge in [-0.15, -0.1) is 0 Å². The Morgan fingerprint density at radius 3 is 2.48 bits per heavy atom. The van der Waals surface area contributed by atoms with Gasteiger partial charge in [-0.3, -0.25) is 4.90 Å². The van der Waals surface area contributed by atoms with Crippen LogP contribution in [0.4, 0.5) is 4.79 Å². The summed E-state index contributed by atoms with van der Waals surface area (Å²) in [6.07, 6.45) is 0.0413. The molecule has 1 fully saturated rings. The molecule has 0 bridgehead atoms. The lowest BCUT2D eigenvalue weighted by Crippen LogP contribution is -2.37. The van der Waals surface area contributed by atoms with E-state index in [0.29, 0.717) is 6.61 Å². The van der Waals surface area contributed by atoms with Crippen LogP contribution >= 0.6 is 0 Å². The second-order valence-electron chi connectivity index (χ2n) is 6.97. The van der Waals surface area contributed by atoms with Crippen molar-refractivity contribution >= 4 is 6.16 Å². The van der Waals surface area contributed by atoms with Crippen molar-refractivity contribution in [2.45, 2.75) is 31.6 Å². The number of fused-ring (bicyclic) bond motifs is 1. The van der Waals surface area contributed by atoms with Gasteiger partial charge in [0.1, 0.15) is 12.7 Å². The van der Waals surface area contributed by atoms with E-state index in [4.69, 9.17) is 19.3 Å². The minimum atomic E-state index is -1.18. The van der Waals surface area contributed by atoms with Gasteiger partial charge in [0.25, 0.3) is 0 Å². The molecule has 2 aliphatic heterocycles. The molecular weight excluding hydrogens is 346 g/mol. The first-order chi connectivity index (χ1) is 13.2. The highest BCUT2D eigenvalue weighted by Gasteiger charge is 2.23. The molecular formula is C21H23NO5. The number of ether oxygens (including phenoxy) is 3. The van der Waals surface area contributed by atoms with Crippen LogP contribution in [0.25, 0.3) is 0 Å². The van der Waals surface area contributed by atoms with E-state index in [1.807, 2.05) is 24.3 Å². The number of nitrogens with zero attached hydrogens (tertiary/aromatic N) is 1. The molecule has 27 heavy (non-hydrogen) atoms. The molecule has 1 N–H and O–H groups in total. The van der Waals surface area contributed by atoms with Crippen LogP contribution in [0.3, 0.4) is 0 Å². The summed E-state index contributed by atoms with van der Waals surface area (Å²) in [5.74, 6) is 1.57. The van der Waals surface area contributed by atoms with Gasteiger partial charge in [-0.05, 0) is 36.1 Å². The van der Waals surface area contributed by atoms with Gasteiger partial charge < -0.3 is 19.3 Å². The fourth-order valence-electron chi connectivity index (χ4n) is 3.61. The van der Waals surface area contributed by atoms with Crippen LogP contribution in [-0.2, 0) is 11.3 Å². The molecule has 6 nitrogen and oxygen atoms in total. The molecule has 1 atom stereocenters. The molecule has 2 heterocycles. The minimum absolute atomic E-state index is 0.0992. The SMILES string of the molecule is O=C(O)OC1CCN(Cc2ccc([C@H]3COc4ccccc4O3)cc2)CC1. The predicted molar refractivity (Wildman–Crippen MR) is 99.2 cm³/mol. The second kappa shape index (κ2) is 7.88. The molecule has 0 unspecified atom stereocenters. The van der Waals surface area contributed by atoms with Crippen molar-refractivity contribution in [2.75, 3.05) is 19.7 Å². The molecule has 0 spiro atoms. The van der Waals surface area contributed by atoms with E-state index in [0.717, 1.165) is 49.5 Å². The van der Waals surface area contributed by atoms with E-state index in [1.165, 1.54) is 5.56 Å². The Hall–Kier alpha value is -2.73. The molecule has 6 heteroatoms. The summed E-state index contributed by atoms with van der Waals surface area (Å²) in [6.45, 7) is 3.05. The maximum absolute atomic E-state index is 10.6. The van der Waals surface area contributed by atoms with Crippen molar-refractivity contribution in [2.24, 2.45) is 0 Å². The van der Waals surface area contributed by atoms with Gasteiger partial charge in [-0.25, -0.2) is 4.79 Å². The topological polar surface area (TPSA) is 68.2 Å². The van der Waals surface area contributed by atoms with Crippen LogP contribution in [0.1, 0.15) is 30.1 Å². The Labute approximate surface area is 158 Å². The zero-order valence-corrected chi connectivity index (χ0v) is 15.0. The Balaban J connectivity index is 1.32. The van der Waals surface area contributed by atoms with Crippen molar-refractivity contribution in [3.05, 3.63) is 59.7 Å². The van der Waals surface area contributed by atoms with Crippen LogP contribution in [0, 0.1) is 0 Å². The van der Waals surface area contributed by atoms with E-state index in [9.17, 15) is 4.79 Å². The van der Waals surface area contributed by atoms with Crippen LogP contribution in [-0.4, -0.2) is 42.0 Å². The highest BCUT2D eigenvalue weighted by molar-refractivity contribution is 5.57. The minimum Gasteiger partial charge on any atom is -0.485 e. The van der Waals surface area contributed by atoms with Gasteiger partial charge in [0, 0.05) is 19.6 Å². The zero-order valence-electron chi connectivity index (χ0n) is 15.0. The summed E-state index contributed by atoms with van der Waals surface area (Å²) in [5.41, 5.74) is 2.33. The average molecular weight is 369 g/mol. The molecule has 0 aliphatic carbocycles. The lowest BCUT2D eigenvalue weighted by molar-refractivity contribution is 0.0185. The predicted octanol–water partition coefficient (Wildman–Crippen LogP) is 3.86. The molecule has 2 aromatic rings. The first kappa shape index (κ1) is 17.7. The fourth-order valence-corrected chi connectivity index (χ4v) is 3.61. The van der Waals surface area contributed by atoms with Crippen molar-refractivity contribution in [3.8, 4) is 11.5 Å². The second-order valence-corrected chi connectivity index (χ2v) is 6.97. The number of hydrogen-bond acceptors (Lipinski definition) is 5. The number of carbonyl (C=O) groups is 1. The summed E-state index contributed by atoms with van der Waals surface area (Å²) in [6, 6.07) is 16.2. The highest BCUT2D eigenvalue weighted by Crippen LogP contribution is 2.35. The number of hydrogen-bond donors (Lipinski definition) is 1. The number of para-hydroxylation sites is 2. The van der Waals surface area contributed by atoms with Gasteiger partial charge in [0.05, 0.1) is 0 Å². The maximum atomic E-state index is 10.6. The summed E-state index contributed by atoms with van der Waals surface area (Å²) >= 11 is 0. The third kappa shape index (κ3) is 4.34. The normalized spacial score (nSPS) is 20.2. The quantitative estimate of drug-likeness (QED) is 0.826. The third-order valence-electron chi connectivity index (χ3n) is 5.07. The van der Waals surface area contributed by atoms with Crippen LogP contribution in [0.15, 0.2) is 48.5 Å². The Morgan fingerprint density at radius 2 is 1.78 bits per heavy atom. The van der Waals surface area contributed by atoms with Crippen molar-refractivity contribution in [3.63, 3.8) is 0 Å². The fraction of sp³-hybridized carbons (Fsp3) is 0.381. The van der Waals surface area contributed by atoms with Crippen molar-refractivity contribution < 1.29 is 24.1 Å². The summed E-state index contributed by atoms with van der Waals surface area (Å²) < 4.78 is 16.7. The van der Waals surface area contributed by atoms with Crippen molar-refractivity contribution in [1.29, 1.82) is 0 Å². The number of piperidine rings is 1. The van der Waals surface area contributed by atoms with Gasteiger partial charge in [0.15, 0.2) is 17.6 Å². The molecule has 2 aliphatic rings. The first-order valence-corrected chi connectivity index (χ1v) is 9.26. The standard InChI is InChI=1S/C21H23NO5/c23-21(24)26-17-9-11-22(12-10-17)13-15-5-7-16(8-6-15)20-14-25-18-3-1-2-4-19(18)27-20/h1-8,17,20H,9-14H2,(H,23,24)/t20-/m1/s1. The van der Waals surface area contributed by atoms with E-state index < -0.39 is 6.16 Å². The highest BCUT2D eigenvalue weighted by atomic mass is 16.7. The smallest absolute Gasteiger partial charge is 0.485 e. The zero-order chi connectivity index (χ0) is 18.6. The molecule has 1 saturated heterocycles. The largest absolute Gasteiger partial charge is 0.506 e. The number of rotatable bonds is 4. The van der Waals surface area contributed by atoms with Gasteiger partial charge in [-0.2, -0.15) is 0 Å². The number of carboxylic acid groups (broad SMARTS) is 1. The van der Waals surface area contributed by atoms with E-state index in [-0.39, 0.29) is 12.2 Å². The third-order valence-corrected chi connectivity index (χ3v) is 5.07. The first-order valence-electron chi connectivity index (χ1n) is 9.26. The van der Waals surface area contributed by atoms with Gasteiger partial charge in [0.2, 0.25) is 0 Å². The number of benzene rings is 2. The molecule has 2 aromatic carbocycles. The maximum Gasteiger partial charge on any atom is 0.506 e. The molecule has 0 radical (unpaired) electrons. The Bertz CT molecular complexity index is 783. The summed E-state index contributed by atoms with van der Waals surface area (Å²) in [7, 11) is 0. The Kier molecular flexibility index (Phi) is 5.16. The summed E-state index contributed by atoms with van der Waals surface area (Å²) in [4.78, 5) is 12.9. The number of likely N-dealkylation sites (tertiary alicyclic amines) is 1. The monoisotopic (exact) mass is 369 g/mol. The van der Waals surface area contributed by atoms with Crippen LogP contribution in [0.2, 0.25) is 0 Å².